The van der Waals surface area contributed by atoms with Crippen LogP contribution in [0.3, 0.4) is 0 Å². The minimum absolute atomic E-state index is 0.437. The summed E-state index contributed by atoms with van der Waals surface area (Å²) >= 11 is 0. The molecule has 0 bridgehead atoms. The predicted octanol–water partition coefficient (Wildman–Crippen LogP) is 2.44. The summed E-state index contributed by atoms with van der Waals surface area (Å²) < 4.78 is 10.6. The molecule has 0 aliphatic carbocycles. The molecule has 1 aromatic carbocycles. The highest BCUT2D eigenvalue weighted by atomic mass is 16.5. The minimum Gasteiger partial charge on any atom is -0.497 e. The maximum absolute atomic E-state index is 5.51. The molecule has 6 heteroatoms. The standard InChI is InChI=1S/C15H22N4O2/c1-11(2)8-16-10-14-18-19-15(21-14)17-9-12-4-6-13(20-3)7-5-12/h4-7,11,16H,8-10H2,1-3H3,(H,17,19). The van der Waals surface area contributed by atoms with Crippen molar-refractivity contribution in [1.82, 2.24) is 15.5 Å². The average Bonchev–Trinajstić information content (AvgIpc) is 2.93. The van der Waals surface area contributed by atoms with Gasteiger partial charge in [0.05, 0.1) is 13.7 Å². The molecule has 0 spiro atoms. The Kier molecular flexibility index (Phi) is 5.57. The second-order valence-electron chi connectivity index (χ2n) is 5.23. The van der Waals surface area contributed by atoms with Crippen molar-refractivity contribution in [2.45, 2.75) is 26.9 Å². The van der Waals surface area contributed by atoms with E-state index in [-0.39, 0.29) is 0 Å². The SMILES string of the molecule is COc1ccc(CNc2nnc(CNCC(C)C)o2)cc1. The van der Waals surface area contributed by atoms with Gasteiger partial charge in [0.15, 0.2) is 0 Å². The molecule has 0 radical (unpaired) electrons. The normalized spacial score (nSPS) is 10.9. The molecule has 114 valence electrons. The summed E-state index contributed by atoms with van der Waals surface area (Å²) in [7, 11) is 1.65. The van der Waals surface area contributed by atoms with Crippen LogP contribution < -0.4 is 15.4 Å². The number of ether oxygens (including phenoxy) is 1. The van der Waals surface area contributed by atoms with E-state index in [9.17, 15) is 0 Å². The van der Waals surface area contributed by atoms with Crippen LogP contribution in [0, 0.1) is 5.92 Å². The van der Waals surface area contributed by atoms with Crippen LogP contribution in [0.15, 0.2) is 28.7 Å². The zero-order valence-corrected chi connectivity index (χ0v) is 12.7. The molecule has 1 heterocycles. The molecular weight excluding hydrogens is 268 g/mol. The van der Waals surface area contributed by atoms with Crippen LogP contribution in [0.1, 0.15) is 25.3 Å². The fourth-order valence-electron chi connectivity index (χ4n) is 1.79. The third-order valence-corrected chi connectivity index (χ3v) is 2.90. The lowest BCUT2D eigenvalue weighted by Crippen LogP contribution is -2.19. The number of rotatable bonds is 8. The quantitative estimate of drug-likeness (QED) is 0.778. The summed E-state index contributed by atoms with van der Waals surface area (Å²) in [5.41, 5.74) is 1.12. The third-order valence-electron chi connectivity index (χ3n) is 2.90. The highest BCUT2D eigenvalue weighted by Gasteiger charge is 2.05. The van der Waals surface area contributed by atoms with Crippen molar-refractivity contribution in [2.75, 3.05) is 19.0 Å². The van der Waals surface area contributed by atoms with Gasteiger partial charge in [0.2, 0.25) is 5.89 Å². The summed E-state index contributed by atoms with van der Waals surface area (Å²) in [6, 6.07) is 8.27. The van der Waals surface area contributed by atoms with Crippen LogP contribution in [-0.2, 0) is 13.1 Å². The smallest absolute Gasteiger partial charge is 0.315 e. The van der Waals surface area contributed by atoms with Crippen molar-refractivity contribution in [2.24, 2.45) is 5.92 Å². The highest BCUT2D eigenvalue weighted by Crippen LogP contribution is 2.13. The van der Waals surface area contributed by atoms with Crippen LogP contribution in [0.4, 0.5) is 6.01 Å². The molecule has 0 saturated carbocycles. The summed E-state index contributed by atoms with van der Waals surface area (Å²) in [5.74, 6) is 2.03. The van der Waals surface area contributed by atoms with Gasteiger partial charge in [-0.05, 0) is 30.2 Å². The molecule has 0 aliphatic heterocycles. The molecule has 21 heavy (non-hydrogen) atoms. The Morgan fingerprint density at radius 3 is 2.57 bits per heavy atom. The fourth-order valence-corrected chi connectivity index (χ4v) is 1.79. The van der Waals surface area contributed by atoms with Crippen LogP contribution in [0.25, 0.3) is 0 Å². The van der Waals surface area contributed by atoms with E-state index in [2.05, 4.69) is 34.7 Å². The van der Waals surface area contributed by atoms with Crippen molar-refractivity contribution >= 4 is 6.01 Å². The molecule has 1 aromatic heterocycles. The molecule has 0 amide bonds. The zero-order chi connectivity index (χ0) is 15.1. The van der Waals surface area contributed by atoms with Gasteiger partial charge >= 0.3 is 6.01 Å². The second kappa shape index (κ2) is 7.64. The number of anilines is 1. The Hall–Kier alpha value is -2.08. The van der Waals surface area contributed by atoms with Gasteiger partial charge in [0.25, 0.3) is 0 Å². The highest BCUT2D eigenvalue weighted by molar-refractivity contribution is 5.29. The summed E-state index contributed by atoms with van der Waals surface area (Å²) in [6.45, 7) is 6.46. The minimum atomic E-state index is 0.437. The van der Waals surface area contributed by atoms with E-state index in [4.69, 9.17) is 9.15 Å². The Morgan fingerprint density at radius 1 is 1.14 bits per heavy atom. The molecule has 6 nitrogen and oxygen atoms in total. The topological polar surface area (TPSA) is 72.2 Å². The van der Waals surface area contributed by atoms with Crippen molar-refractivity contribution in [1.29, 1.82) is 0 Å². The number of hydrogen-bond acceptors (Lipinski definition) is 6. The van der Waals surface area contributed by atoms with Gasteiger partial charge < -0.3 is 19.8 Å². The van der Waals surface area contributed by atoms with Crippen LogP contribution in [0.2, 0.25) is 0 Å². The molecular formula is C15H22N4O2. The molecule has 0 fully saturated rings. The van der Waals surface area contributed by atoms with E-state index in [0.29, 0.717) is 30.9 Å². The van der Waals surface area contributed by atoms with Crippen molar-refractivity contribution in [3.05, 3.63) is 35.7 Å². The number of nitrogens with zero attached hydrogens (tertiary/aromatic N) is 2. The Balaban J connectivity index is 1.79. The van der Waals surface area contributed by atoms with E-state index < -0.39 is 0 Å². The van der Waals surface area contributed by atoms with Crippen molar-refractivity contribution in [3.63, 3.8) is 0 Å². The van der Waals surface area contributed by atoms with Gasteiger partial charge in [-0.25, -0.2) is 0 Å². The van der Waals surface area contributed by atoms with Gasteiger partial charge in [-0.3, -0.25) is 0 Å². The zero-order valence-electron chi connectivity index (χ0n) is 12.7. The fraction of sp³-hybridized carbons (Fsp3) is 0.467. The van der Waals surface area contributed by atoms with E-state index in [1.165, 1.54) is 0 Å². The Labute approximate surface area is 124 Å². The van der Waals surface area contributed by atoms with Gasteiger partial charge in [-0.2, -0.15) is 0 Å². The lowest BCUT2D eigenvalue weighted by Gasteiger charge is -2.04. The first-order chi connectivity index (χ1) is 10.2. The van der Waals surface area contributed by atoms with Crippen LogP contribution in [-0.4, -0.2) is 23.9 Å². The molecule has 0 saturated heterocycles. The van der Waals surface area contributed by atoms with Crippen LogP contribution in [0.5, 0.6) is 5.75 Å². The van der Waals surface area contributed by atoms with E-state index >= 15 is 0 Å². The predicted molar refractivity (Wildman–Crippen MR) is 81.2 cm³/mol. The molecule has 0 aliphatic rings. The first-order valence-electron chi connectivity index (χ1n) is 7.07. The van der Waals surface area contributed by atoms with E-state index in [1.807, 2.05) is 24.3 Å². The summed E-state index contributed by atoms with van der Waals surface area (Å²) in [6.07, 6.45) is 0. The first-order valence-corrected chi connectivity index (χ1v) is 7.07. The van der Waals surface area contributed by atoms with Gasteiger partial charge in [0, 0.05) is 6.54 Å². The maximum Gasteiger partial charge on any atom is 0.315 e. The Morgan fingerprint density at radius 2 is 1.90 bits per heavy atom. The van der Waals surface area contributed by atoms with Crippen LogP contribution >= 0.6 is 0 Å². The van der Waals surface area contributed by atoms with E-state index in [0.717, 1.165) is 17.9 Å². The number of benzene rings is 1. The van der Waals surface area contributed by atoms with Crippen molar-refractivity contribution < 1.29 is 9.15 Å². The van der Waals surface area contributed by atoms with Gasteiger partial charge in [0.1, 0.15) is 5.75 Å². The molecule has 2 rings (SSSR count). The lowest BCUT2D eigenvalue weighted by molar-refractivity contribution is 0.414. The third kappa shape index (κ3) is 5.07. The monoisotopic (exact) mass is 290 g/mol. The lowest BCUT2D eigenvalue weighted by atomic mass is 10.2. The Bertz CT molecular complexity index is 537. The number of nitrogens with one attached hydrogen (secondary N) is 2. The molecule has 2 aromatic rings. The molecule has 0 atom stereocenters. The van der Waals surface area contributed by atoms with Gasteiger partial charge in [-0.1, -0.05) is 31.1 Å². The second-order valence-corrected chi connectivity index (χ2v) is 5.23. The first kappa shape index (κ1) is 15.3. The average molecular weight is 290 g/mol. The molecule has 0 unspecified atom stereocenters. The largest absolute Gasteiger partial charge is 0.497 e. The van der Waals surface area contributed by atoms with E-state index in [1.54, 1.807) is 7.11 Å². The number of hydrogen-bond donors (Lipinski definition) is 2. The summed E-state index contributed by atoms with van der Waals surface area (Å²) in [4.78, 5) is 0. The molecule has 2 N–H and O–H groups in total. The maximum atomic E-state index is 5.51. The van der Waals surface area contributed by atoms with Gasteiger partial charge in [-0.15, -0.1) is 5.10 Å². The number of methoxy groups -OCH3 is 1. The number of aromatic nitrogens is 2. The van der Waals surface area contributed by atoms with Crippen molar-refractivity contribution in [3.8, 4) is 5.75 Å². The summed E-state index contributed by atoms with van der Waals surface area (Å²) in [5, 5.41) is 14.3.